The third-order valence-electron chi connectivity index (χ3n) is 6.98. The third kappa shape index (κ3) is 20.1. The molecule has 6 heteroatoms. The van der Waals surface area contributed by atoms with Gasteiger partial charge in [0.05, 0.1) is 18.8 Å². The van der Waals surface area contributed by atoms with Crippen LogP contribution in [0.5, 0.6) is 0 Å². The standard InChI is InChI=1S/C30H59NO5/c1-3-5-7-9-11-13-14-16-17-19-21-23-27(33)29(35)26(25-32)31-30(36)28(34)24-22-20-18-15-12-10-8-6-4-2/h16-17,26-29,32-35H,3-15,18-25H2,1-2H3,(H,31,36)/b17-16+. The lowest BCUT2D eigenvalue weighted by atomic mass is 10.00. The molecule has 0 spiro atoms. The molecule has 0 aromatic carbocycles. The van der Waals surface area contributed by atoms with Gasteiger partial charge >= 0.3 is 0 Å². The fraction of sp³-hybridized carbons (Fsp3) is 0.900. The first-order chi connectivity index (χ1) is 17.5. The number of rotatable bonds is 26. The summed E-state index contributed by atoms with van der Waals surface area (Å²) in [5.41, 5.74) is 0. The van der Waals surface area contributed by atoms with Crippen LogP contribution in [-0.2, 0) is 4.79 Å². The van der Waals surface area contributed by atoms with Gasteiger partial charge in [0.2, 0.25) is 5.91 Å². The van der Waals surface area contributed by atoms with E-state index in [1.54, 1.807) is 0 Å². The summed E-state index contributed by atoms with van der Waals surface area (Å²) in [5, 5.41) is 43.0. The minimum absolute atomic E-state index is 0.365. The molecule has 0 bridgehead atoms. The van der Waals surface area contributed by atoms with Crippen molar-refractivity contribution in [1.82, 2.24) is 5.32 Å². The summed E-state index contributed by atoms with van der Waals surface area (Å²) in [5.74, 6) is -0.600. The third-order valence-corrected chi connectivity index (χ3v) is 6.98. The second kappa shape index (κ2) is 25.7. The molecule has 0 saturated carbocycles. The van der Waals surface area contributed by atoms with Crippen molar-refractivity contribution in [3.63, 3.8) is 0 Å². The maximum Gasteiger partial charge on any atom is 0.249 e. The van der Waals surface area contributed by atoms with Crippen LogP contribution in [0.3, 0.4) is 0 Å². The predicted octanol–water partition coefficient (Wildman–Crippen LogP) is 5.94. The predicted molar refractivity (Wildman–Crippen MR) is 150 cm³/mol. The van der Waals surface area contributed by atoms with Crippen molar-refractivity contribution in [2.75, 3.05) is 6.61 Å². The van der Waals surface area contributed by atoms with Gasteiger partial charge in [0.25, 0.3) is 0 Å². The molecule has 0 fully saturated rings. The Morgan fingerprint density at radius 1 is 0.667 bits per heavy atom. The van der Waals surface area contributed by atoms with Crippen molar-refractivity contribution in [2.24, 2.45) is 0 Å². The molecule has 0 rings (SSSR count). The lowest BCUT2D eigenvalue weighted by Crippen LogP contribution is -2.53. The van der Waals surface area contributed by atoms with Gasteiger partial charge in [0.15, 0.2) is 0 Å². The summed E-state index contributed by atoms with van der Waals surface area (Å²) in [4.78, 5) is 12.3. The molecule has 0 aliphatic carbocycles. The van der Waals surface area contributed by atoms with Crippen LogP contribution >= 0.6 is 0 Å². The van der Waals surface area contributed by atoms with Crippen molar-refractivity contribution in [1.29, 1.82) is 0 Å². The molecule has 0 aliphatic rings. The summed E-state index contributed by atoms with van der Waals surface area (Å²) < 4.78 is 0. The minimum Gasteiger partial charge on any atom is -0.394 e. The maximum absolute atomic E-state index is 12.3. The van der Waals surface area contributed by atoms with Gasteiger partial charge < -0.3 is 25.7 Å². The molecule has 6 nitrogen and oxygen atoms in total. The van der Waals surface area contributed by atoms with E-state index in [1.165, 1.54) is 77.0 Å². The molecule has 5 N–H and O–H groups in total. The molecule has 36 heavy (non-hydrogen) atoms. The highest BCUT2D eigenvalue weighted by atomic mass is 16.3. The topological polar surface area (TPSA) is 110 Å². The average Bonchev–Trinajstić information content (AvgIpc) is 2.88. The van der Waals surface area contributed by atoms with Crippen molar-refractivity contribution < 1.29 is 25.2 Å². The van der Waals surface area contributed by atoms with Crippen LogP contribution in [0.15, 0.2) is 12.2 Å². The summed E-state index contributed by atoms with van der Waals surface area (Å²) in [6, 6.07) is -0.992. The van der Waals surface area contributed by atoms with Crippen LogP contribution in [-0.4, -0.2) is 57.3 Å². The van der Waals surface area contributed by atoms with E-state index < -0.39 is 36.9 Å². The van der Waals surface area contributed by atoms with Gasteiger partial charge in [0.1, 0.15) is 12.2 Å². The highest BCUT2D eigenvalue weighted by molar-refractivity contribution is 5.80. The average molecular weight is 514 g/mol. The number of amides is 1. The van der Waals surface area contributed by atoms with E-state index in [0.29, 0.717) is 12.8 Å². The Morgan fingerprint density at radius 2 is 1.14 bits per heavy atom. The number of hydrogen-bond acceptors (Lipinski definition) is 5. The van der Waals surface area contributed by atoms with Crippen LogP contribution in [0.25, 0.3) is 0 Å². The highest BCUT2D eigenvalue weighted by Crippen LogP contribution is 2.13. The Labute approximate surface area is 222 Å². The smallest absolute Gasteiger partial charge is 0.249 e. The van der Waals surface area contributed by atoms with E-state index in [2.05, 4.69) is 31.3 Å². The number of hydrogen-bond donors (Lipinski definition) is 5. The van der Waals surface area contributed by atoms with Gasteiger partial charge in [-0.3, -0.25) is 4.79 Å². The summed E-state index contributed by atoms with van der Waals surface area (Å²) >= 11 is 0. The summed E-state index contributed by atoms with van der Waals surface area (Å²) in [7, 11) is 0. The molecular formula is C30H59NO5. The van der Waals surface area contributed by atoms with Gasteiger partial charge in [-0.2, -0.15) is 0 Å². The number of aliphatic hydroxyl groups is 4. The van der Waals surface area contributed by atoms with Crippen LogP contribution in [0.2, 0.25) is 0 Å². The van der Waals surface area contributed by atoms with E-state index in [-0.39, 0.29) is 0 Å². The van der Waals surface area contributed by atoms with Gasteiger partial charge in [-0.25, -0.2) is 0 Å². The monoisotopic (exact) mass is 513 g/mol. The fourth-order valence-electron chi connectivity index (χ4n) is 4.46. The van der Waals surface area contributed by atoms with Gasteiger partial charge in [-0.15, -0.1) is 0 Å². The largest absolute Gasteiger partial charge is 0.394 e. The number of nitrogens with one attached hydrogen (secondary N) is 1. The van der Waals surface area contributed by atoms with E-state index in [1.807, 2.05) is 0 Å². The molecule has 4 atom stereocenters. The van der Waals surface area contributed by atoms with Crippen LogP contribution in [0.4, 0.5) is 0 Å². The zero-order valence-electron chi connectivity index (χ0n) is 23.5. The number of carbonyl (C=O) groups excluding carboxylic acids is 1. The molecule has 214 valence electrons. The molecule has 4 unspecified atom stereocenters. The van der Waals surface area contributed by atoms with E-state index >= 15 is 0 Å². The maximum atomic E-state index is 12.3. The van der Waals surface area contributed by atoms with Gasteiger partial charge in [-0.1, -0.05) is 116 Å². The Hall–Kier alpha value is -0.950. The minimum atomic E-state index is -1.27. The second-order valence-electron chi connectivity index (χ2n) is 10.4. The quantitative estimate of drug-likeness (QED) is 0.0726. The van der Waals surface area contributed by atoms with Crippen LogP contribution < -0.4 is 5.32 Å². The zero-order chi connectivity index (χ0) is 26.9. The molecule has 0 saturated heterocycles. The zero-order valence-corrected chi connectivity index (χ0v) is 23.5. The second-order valence-corrected chi connectivity index (χ2v) is 10.4. The van der Waals surface area contributed by atoms with Crippen molar-refractivity contribution >= 4 is 5.91 Å². The first-order valence-electron chi connectivity index (χ1n) is 15.1. The van der Waals surface area contributed by atoms with E-state index in [4.69, 9.17) is 0 Å². The highest BCUT2D eigenvalue weighted by Gasteiger charge is 2.28. The summed E-state index contributed by atoms with van der Waals surface area (Å²) in [6.45, 7) is 3.95. The summed E-state index contributed by atoms with van der Waals surface area (Å²) in [6.07, 6.45) is 22.4. The number of carbonyl (C=O) groups is 1. The van der Waals surface area contributed by atoms with Gasteiger partial charge in [0, 0.05) is 0 Å². The van der Waals surface area contributed by atoms with E-state index in [0.717, 1.165) is 38.5 Å². The Morgan fingerprint density at radius 3 is 1.67 bits per heavy atom. The SMILES string of the molecule is CCCCCCCC/C=C/CCCC(O)C(O)C(CO)NC(=O)C(O)CCCCCCCCCCC. The first-order valence-corrected chi connectivity index (χ1v) is 15.1. The number of unbranched alkanes of at least 4 members (excludes halogenated alkanes) is 15. The molecule has 0 aromatic heterocycles. The molecule has 0 heterocycles. The van der Waals surface area contributed by atoms with Gasteiger partial charge in [-0.05, 0) is 38.5 Å². The molecule has 0 radical (unpaired) electrons. The number of allylic oxidation sites excluding steroid dienone is 2. The van der Waals surface area contributed by atoms with Crippen LogP contribution in [0.1, 0.15) is 142 Å². The lowest BCUT2D eigenvalue weighted by Gasteiger charge is -2.27. The normalized spacial score (nSPS) is 15.2. The Balaban J connectivity index is 3.98. The first kappa shape index (κ1) is 35.0. The lowest BCUT2D eigenvalue weighted by molar-refractivity contribution is -0.132. The van der Waals surface area contributed by atoms with E-state index in [9.17, 15) is 25.2 Å². The number of aliphatic hydroxyl groups excluding tert-OH is 4. The molecule has 0 aromatic rings. The molecular weight excluding hydrogens is 454 g/mol. The van der Waals surface area contributed by atoms with Crippen molar-refractivity contribution in [2.45, 2.75) is 167 Å². The molecule has 0 aliphatic heterocycles. The fourth-order valence-corrected chi connectivity index (χ4v) is 4.46. The van der Waals surface area contributed by atoms with Crippen LogP contribution in [0, 0.1) is 0 Å². The Bertz CT molecular complexity index is 514. The Kier molecular flexibility index (Phi) is 25.0. The van der Waals surface area contributed by atoms with Crippen molar-refractivity contribution in [3.8, 4) is 0 Å². The van der Waals surface area contributed by atoms with Crippen molar-refractivity contribution in [3.05, 3.63) is 12.2 Å². The molecule has 1 amide bonds.